The molecule has 20 heavy (non-hydrogen) atoms. The molecule has 2 unspecified atom stereocenters. The topological polar surface area (TPSA) is 24.9 Å². The molecule has 0 aliphatic heterocycles. The zero-order valence-electron chi connectivity index (χ0n) is 11.2. The van der Waals surface area contributed by atoms with Crippen LogP contribution < -0.4 is 5.32 Å². The molecule has 1 aromatic carbocycles. The van der Waals surface area contributed by atoms with E-state index >= 15 is 0 Å². The van der Waals surface area contributed by atoms with Gasteiger partial charge in [-0.05, 0) is 42.4 Å². The summed E-state index contributed by atoms with van der Waals surface area (Å²) in [6.45, 7) is 1.93. The van der Waals surface area contributed by atoms with Gasteiger partial charge in [-0.2, -0.15) is 0 Å². The van der Waals surface area contributed by atoms with Gasteiger partial charge in [0.15, 0.2) is 17.5 Å². The number of pyridine rings is 1. The van der Waals surface area contributed by atoms with E-state index < -0.39 is 17.5 Å². The molecule has 2 atom stereocenters. The molecule has 0 spiro atoms. The number of likely N-dealkylation sites (N-methyl/N-ethyl adjacent to an activating group) is 1. The molecule has 0 amide bonds. The van der Waals surface area contributed by atoms with Gasteiger partial charge in [-0.1, -0.05) is 6.92 Å². The highest BCUT2D eigenvalue weighted by molar-refractivity contribution is 5.28. The highest BCUT2D eigenvalue weighted by Crippen LogP contribution is 2.31. The largest absolute Gasteiger partial charge is 0.312 e. The van der Waals surface area contributed by atoms with E-state index in [4.69, 9.17) is 0 Å². The van der Waals surface area contributed by atoms with Gasteiger partial charge in [0.2, 0.25) is 0 Å². The molecular weight excluding hydrogens is 265 g/mol. The molecule has 0 aliphatic carbocycles. The predicted molar refractivity (Wildman–Crippen MR) is 70.8 cm³/mol. The molecule has 2 aromatic rings. The van der Waals surface area contributed by atoms with Crippen molar-refractivity contribution < 1.29 is 13.2 Å². The molecule has 1 heterocycles. The Morgan fingerprint density at radius 1 is 1.00 bits per heavy atom. The summed E-state index contributed by atoms with van der Waals surface area (Å²) in [5, 5.41) is 3.01. The molecule has 1 aromatic heterocycles. The maximum atomic E-state index is 13.3. The van der Waals surface area contributed by atoms with Crippen molar-refractivity contribution in [2.75, 3.05) is 7.05 Å². The number of halogens is 3. The van der Waals surface area contributed by atoms with Gasteiger partial charge in [-0.15, -0.1) is 0 Å². The first kappa shape index (κ1) is 14.5. The van der Waals surface area contributed by atoms with Crippen molar-refractivity contribution in [3.05, 3.63) is 65.2 Å². The normalized spacial score (nSPS) is 14.1. The second-order valence-corrected chi connectivity index (χ2v) is 4.63. The quantitative estimate of drug-likeness (QED) is 0.866. The molecular formula is C15H15F3N2. The molecule has 0 saturated carbocycles. The van der Waals surface area contributed by atoms with E-state index in [9.17, 15) is 13.2 Å². The molecule has 2 nitrogen and oxygen atoms in total. The highest BCUT2D eigenvalue weighted by Gasteiger charge is 2.22. The first-order valence-electron chi connectivity index (χ1n) is 6.26. The Morgan fingerprint density at radius 2 is 1.55 bits per heavy atom. The number of aromatic nitrogens is 1. The minimum absolute atomic E-state index is 0.0488. The standard InChI is InChI=1S/C15H15F3N2/c1-9(10-3-5-20-6-4-10)15(19-2)11-7-12(16)14(18)13(17)8-11/h3-9,15,19H,1-2H3. The molecule has 0 radical (unpaired) electrons. The first-order chi connectivity index (χ1) is 9.54. The lowest BCUT2D eigenvalue weighted by molar-refractivity contribution is 0.435. The van der Waals surface area contributed by atoms with Gasteiger partial charge in [0, 0.05) is 24.4 Å². The van der Waals surface area contributed by atoms with Crippen molar-refractivity contribution >= 4 is 0 Å². The van der Waals surface area contributed by atoms with Gasteiger partial charge >= 0.3 is 0 Å². The zero-order chi connectivity index (χ0) is 14.7. The molecule has 106 valence electrons. The Hall–Kier alpha value is -1.88. The van der Waals surface area contributed by atoms with E-state index in [2.05, 4.69) is 10.3 Å². The number of nitrogens with zero attached hydrogens (tertiary/aromatic N) is 1. The monoisotopic (exact) mass is 280 g/mol. The zero-order valence-corrected chi connectivity index (χ0v) is 11.2. The van der Waals surface area contributed by atoms with Gasteiger partial charge in [0.05, 0.1) is 0 Å². The van der Waals surface area contributed by atoms with Crippen molar-refractivity contribution in [3.63, 3.8) is 0 Å². The molecule has 2 rings (SSSR count). The van der Waals surface area contributed by atoms with E-state index in [1.807, 2.05) is 19.1 Å². The molecule has 0 saturated heterocycles. The summed E-state index contributed by atoms with van der Waals surface area (Å²) in [6, 6.07) is 5.40. The third-order valence-corrected chi connectivity index (χ3v) is 3.41. The average Bonchev–Trinajstić information content (AvgIpc) is 2.46. The number of hydrogen-bond donors (Lipinski definition) is 1. The SMILES string of the molecule is CNC(c1cc(F)c(F)c(F)c1)C(C)c1ccncc1. The average molecular weight is 280 g/mol. The van der Waals surface area contributed by atoms with Gasteiger partial charge < -0.3 is 5.32 Å². The Kier molecular flexibility index (Phi) is 4.39. The van der Waals surface area contributed by atoms with Crippen LogP contribution in [0, 0.1) is 17.5 Å². The minimum Gasteiger partial charge on any atom is -0.312 e. The number of nitrogens with one attached hydrogen (secondary N) is 1. The van der Waals surface area contributed by atoms with Crippen molar-refractivity contribution in [2.24, 2.45) is 0 Å². The van der Waals surface area contributed by atoms with E-state index in [0.717, 1.165) is 17.7 Å². The van der Waals surface area contributed by atoms with Gasteiger partial charge in [0.25, 0.3) is 0 Å². The molecule has 0 bridgehead atoms. The number of benzene rings is 1. The van der Waals surface area contributed by atoms with Crippen LogP contribution in [0.3, 0.4) is 0 Å². The molecule has 0 aliphatic rings. The number of rotatable bonds is 4. The second-order valence-electron chi connectivity index (χ2n) is 4.63. The summed E-state index contributed by atoms with van der Waals surface area (Å²) in [5.41, 5.74) is 1.35. The Labute approximate surface area is 115 Å². The molecule has 0 fully saturated rings. The van der Waals surface area contributed by atoms with Crippen molar-refractivity contribution in [1.29, 1.82) is 0 Å². The van der Waals surface area contributed by atoms with Crippen LogP contribution in [-0.4, -0.2) is 12.0 Å². The van der Waals surface area contributed by atoms with E-state index in [-0.39, 0.29) is 12.0 Å². The minimum atomic E-state index is -1.44. The summed E-state index contributed by atoms with van der Waals surface area (Å²) < 4.78 is 39.7. The van der Waals surface area contributed by atoms with E-state index in [1.54, 1.807) is 19.4 Å². The van der Waals surface area contributed by atoms with Gasteiger partial charge in [-0.25, -0.2) is 13.2 Å². The van der Waals surface area contributed by atoms with Crippen LogP contribution in [-0.2, 0) is 0 Å². The van der Waals surface area contributed by atoms with Crippen LogP contribution >= 0.6 is 0 Å². The van der Waals surface area contributed by atoms with Crippen LogP contribution in [0.5, 0.6) is 0 Å². The fourth-order valence-corrected chi connectivity index (χ4v) is 2.32. The maximum Gasteiger partial charge on any atom is 0.194 e. The smallest absolute Gasteiger partial charge is 0.194 e. The van der Waals surface area contributed by atoms with Gasteiger partial charge in [-0.3, -0.25) is 4.98 Å². The molecule has 5 heteroatoms. The highest BCUT2D eigenvalue weighted by atomic mass is 19.2. The van der Waals surface area contributed by atoms with Crippen LogP contribution in [0.1, 0.15) is 30.0 Å². The summed E-state index contributed by atoms with van der Waals surface area (Å²) in [6.07, 6.45) is 3.31. The third kappa shape index (κ3) is 2.82. The lowest BCUT2D eigenvalue weighted by Gasteiger charge is -2.24. The van der Waals surface area contributed by atoms with Crippen molar-refractivity contribution in [1.82, 2.24) is 10.3 Å². The summed E-state index contributed by atoms with van der Waals surface area (Å²) >= 11 is 0. The lowest BCUT2D eigenvalue weighted by Crippen LogP contribution is -2.23. The van der Waals surface area contributed by atoms with Gasteiger partial charge in [0.1, 0.15) is 0 Å². The third-order valence-electron chi connectivity index (χ3n) is 3.41. The lowest BCUT2D eigenvalue weighted by atomic mass is 9.89. The summed E-state index contributed by atoms with van der Waals surface area (Å²) in [4.78, 5) is 3.94. The predicted octanol–water partition coefficient (Wildman–Crippen LogP) is 3.56. The van der Waals surface area contributed by atoms with E-state index in [0.29, 0.717) is 5.56 Å². The Bertz CT molecular complexity index is 564. The first-order valence-corrected chi connectivity index (χ1v) is 6.26. The van der Waals surface area contributed by atoms with Crippen molar-refractivity contribution in [3.8, 4) is 0 Å². The van der Waals surface area contributed by atoms with Crippen LogP contribution in [0.2, 0.25) is 0 Å². The summed E-state index contributed by atoms with van der Waals surface area (Å²) in [5.74, 6) is -3.85. The Morgan fingerprint density at radius 3 is 2.05 bits per heavy atom. The fraction of sp³-hybridized carbons (Fsp3) is 0.267. The van der Waals surface area contributed by atoms with Crippen molar-refractivity contribution in [2.45, 2.75) is 18.9 Å². The fourth-order valence-electron chi connectivity index (χ4n) is 2.32. The van der Waals surface area contributed by atoms with Crippen LogP contribution in [0.25, 0.3) is 0 Å². The second kappa shape index (κ2) is 6.05. The van der Waals surface area contributed by atoms with E-state index in [1.165, 1.54) is 0 Å². The van der Waals surface area contributed by atoms with Crippen LogP contribution in [0.15, 0.2) is 36.7 Å². The number of hydrogen-bond acceptors (Lipinski definition) is 2. The Balaban J connectivity index is 2.38. The van der Waals surface area contributed by atoms with Crippen LogP contribution in [0.4, 0.5) is 13.2 Å². The molecule has 1 N–H and O–H groups in total. The summed E-state index contributed by atoms with van der Waals surface area (Å²) in [7, 11) is 1.70. The maximum absolute atomic E-state index is 13.3.